The fraction of sp³-hybridized carbons (Fsp3) is 0.520. The SMILES string of the molecule is CCCN(CC(=O)N(Cc1ccco1)C[C@H]1CCCO1)C(=O)[C@@H](CC)c1ccccc1. The van der Waals surface area contributed by atoms with Crippen LogP contribution in [0.25, 0.3) is 0 Å². The predicted molar refractivity (Wildman–Crippen MR) is 119 cm³/mol. The summed E-state index contributed by atoms with van der Waals surface area (Å²) >= 11 is 0. The van der Waals surface area contributed by atoms with Gasteiger partial charge in [0.1, 0.15) is 5.76 Å². The standard InChI is InChI=1S/C25H34N2O4/c1-3-14-26(25(29)23(4-2)20-10-6-5-7-11-20)19-24(28)27(17-21-12-8-15-30-21)18-22-13-9-16-31-22/h5-8,10-12,15,22-23H,3-4,9,13-14,16-19H2,1-2H3/t22-,23+/m1/s1. The summed E-state index contributed by atoms with van der Waals surface area (Å²) in [7, 11) is 0. The van der Waals surface area contributed by atoms with Crippen LogP contribution in [-0.4, -0.2) is 54.0 Å². The normalized spacial score (nSPS) is 16.8. The van der Waals surface area contributed by atoms with Gasteiger partial charge in [-0.25, -0.2) is 0 Å². The van der Waals surface area contributed by atoms with Crippen LogP contribution in [-0.2, 0) is 20.9 Å². The molecule has 1 aromatic carbocycles. The maximum Gasteiger partial charge on any atom is 0.242 e. The highest BCUT2D eigenvalue weighted by atomic mass is 16.5. The van der Waals surface area contributed by atoms with Crippen LogP contribution < -0.4 is 0 Å². The van der Waals surface area contributed by atoms with Crippen molar-refractivity contribution >= 4 is 11.8 Å². The number of rotatable bonds is 11. The van der Waals surface area contributed by atoms with E-state index in [4.69, 9.17) is 9.15 Å². The van der Waals surface area contributed by atoms with Gasteiger partial charge < -0.3 is 19.0 Å². The number of carbonyl (C=O) groups is 2. The summed E-state index contributed by atoms with van der Waals surface area (Å²) in [4.78, 5) is 30.2. The van der Waals surface area contributed by atoms with E-state index < -0.39 is 0 Å². The average Bonchev–Trinajstić information content (AvgIpc) is 3.48. The number of furan rings is 1. The van der Waals surface area contributed by atoms with Crippen molar-refractivity contribution in [2.75, 3.05) is 26.2 Å². The molecule has 2 heterocycles. The Bertz CT molecular complexity index is 800. The van der Waals surface area contributed by atoms with Gasteiger partial charge >= 0.3 is 0 Å². The molecule has 0 bridgehead atoms. The van der Waals surface area contributed by atoms with Gasteiger partial charge in [0.05, 0.1) is 31.4 Å². The fourth-order valence-corrected chi connectivity index (χ4v) is 4.14. The monoisotopic (exact) mass is 426 g/mol. The number of benzene rings is 1. The molecule has 2 amide bonds. The van der Waals surface area contributed by atoms with E-state index in [0.29, 0.717) is 26.1 Å². The summed E-state index contributed by atoms with van der Waals surface area (Å²) in [5.41, 5.74) is 0.996. The highest BCUT2D eigenvalue weighted by Crippen LogP contribution is 2.23. The lowest BCUT2D eigenvalue weighted by Gasteiger charge is -2.30. The average molecular weight is 427 g/mol. The van der Waals surface area contributed by atoms with Crippen LogP contribution in [0, 0.1) is 0 Å². The molecule has 6 nitrogen and oxygen atoms in total. The van der Waals surface area contributed by atoms with Crippen LogP contribution in [0.1, 0.15) is 56.8 Å². The number of hydrogen-bond acceptors (Lipinski definition) is 4. The first-order chi connectivity index (χ1) is 15.1. The van der Waals surface area contributed by atoms with E-state index in [1.54, 1.807) is 16.1 Å². The second-order valence-corrected chi connectivity index (χ2v) is 8.12. The van der Waals surface area contributed by atoms with Gasteiger partial charge in [0.25, 0.3) is 0 Å². The molecule has 2 atom stereocenters. The van der Waals surface area contributed by atoms with Gasteiger partial charge in [-0.3, -0.25) is 9.59 Å². The van der Waals surface area contributed by atoms with Gasteiger partial charge in [-0.05, 0) is 43.4 Å². The molecule has 1 aromatic heterocycles. The van der Waals surface area contributed by atoms with Crippen LogP contribution in [0.2, 0.25) is 0 Å². The largest absolute Gasteiger partial charge is 0.467 e. The third-order valence-electron chi connectivity index (χ3n) is 5.77. The Morgan fingerprint density at radius 2 is 1.90 bits per heavy atom. The molecule has 0 unspecified atom stereocenters. The molecule has 6 heteroatoms. The maximum absolute atomic E-state index is 13.4. The minimum Gasteiger partial charge on any atom is -0.467 e. The molecular weight excluding hydrogens is 392 g/mol. The molecule has 1 fully saturated rings. The van der Waals surface area contributed by atoms with Crippen molar-refractivity contribution in [1.82, 2.24) is 9.80 Å². The van der Waals surface area contributed by atoms with E-state index in [2.05, 4.69) is 0 Å². The predicted octanol–water partition coefficient (Wildman–Crippen LogP) is 4.22. The quantitative estimate of drug-likeness (QED) is 0.540. The molecule has 0 saturated carbocycles. The Morgan fingerprint density at radius 3 is 2.52 bits per heavy atom. The zero-order valence-electron chi connectivity index (χ0n) is 18.7. The van der Waals surface area contributed by atoms with Gasteiger partial charge in [-0.1, -0.05) is 44.2 Å². The molecule has 0 spiro atoms. The number of hydrogen-bond donors (Lipinski definition) is 0. The summed E-state index contributed by atoms with van der Waals surface area (Å²) in [5.74, 6) is 0.434. The molecule has 0 N–H and O–H groups in total. The minimum absolute atomic E-state index is 0.0129. The summed E-state index contributed by atoms with van der Waals surface area (Å²) in [6.45, 7) is 6.32. The molecule has 1 saturated heterocycles. The second kappa shape index (κ2) is 11.7. The molecule has 0 radical (unpaired) electrons. The first-order valence-electron chi connectivity index (χ1n) is 11.4. The van der Waals surface area contributed by atoms with Crippen molar-refractivity contribution in [3.63, 3.8) is 0 Å². The zero-order chi connectivity index (χ0) is 22.1. The van der Waals surface area contributed by atoms with Crippen molar-refractivity contribution in [2.45, 2.75) is 58.1 Å². The van der Waals surface area contributed by atoms with E-state index in [1.165, 1.54) is 0 Å². The summed E-state index contributed by atoms with van der Waals surface area (Å²) < 4.78 is 11.2. The third kappa shape index (κ3) is 6.44. The summed E-state index contributed by atoms with van der Waals surface area (Å²) in [6, 6.07) is 13.5. The Kier molecular flexibility index (Phi) is 8.71. The molecular formula is C25H34N2O4. The Hall–Kier alpha value is -2.60. The van der Waals surface area contributed by atoms with E-state index in [0.717, 1.165) is 37.2 Å². The van der Waals surface area contributed by atoms with Crippen molar-refractivity contribution in [1.29, 1.82) is 0 Å². The highest BCUT2D eigenvalue weighted by molar-refractivity contribution is 5.88. The molecule has 3 rings (SSSR count). The molecule has 1 aliphatic heterocycles. The smallest absolute Gasteiger partial charge is 0.242 e. The van der Waals surface area contributed by atoms with E-state index in [1.807, 2.05) is 56.3 Å². The highest BCUT2D eigenvalue weighted by Gasteiger charge is 2.29. The number of nitrogens with zero attached hydrogens (tertiary/aromatic N) is 2. The van der Waals surface area contributed by atoms with Gasteiger partial charge in [0.15, 0.2) is 0 Å². The van der Waals surface area contributed by atoms with Gasteiger partial charge in [0.2, 0.25) is 11.8 Å². The second-order valence-electron chi connectivity index (χ2n) is 8.12. The van der Waals surface area contributed by atoms with Crippen LogP contribution in [0.5, 0.6) is 0 Å². The Labute approximate surface area is 185 Å². The lowest BCUT2D eigenvalue weighted by molar-refractivity contribution is -0.142. The lowest BCUT2D eigenvalue weighted by Crippen LogP contribution is -2.46. The van der Waals surface area contributed by atoms with E-state index >= 15 is 0 Å². The Balaban J connectivity index is 1.73. The van der Waals surface area contributed by atoms with Crippen molar-refractivity contribution in [2.24, 2.45) is 0 Å². The van der Waals surface area contributed by atoms with Gasteiger partial charge in [-0.2, -0.15) is 0 Å². The topological polar surface area (TPSA) is 63.0 Å². The lowest BCUT2D eigenvalue weighted by atomic mass is 9.95. The first kappa shape index (κ1) is 23.1. The number of carbonyl (C=O) groups excluding carboxylic acids is 2. The van der Waals surface area contributed by atoms with Gasteiger partial charge in [0, 0.05) is 19.7 Å². The van der Waals surface area contributed by atoms with Crippen molar-refractivity contribution in [3.8, 4) is 0 Å². The van der Waals surface area contributed by atoms with Crippen LogP contribution in [0.4, 0.5) is 0 Å². The van der Waals surface area contributed by atoms with E-state index in [9.17, 15) is 9.59 Å². The molecule has 2 aromatic rings. The summed E-state index contributed by atoms with van der Waals surface area (Å²) in [6.07, 6.45) is 5.12. The van der Waals surface area contributed by atoms with Crippen molar-refractivity contribution in [3.05, 3.63) is 60.1 Å². The van der Waals surface area contributed by atoms with Crippen LogP contribution >= 0.6 is 0 Å². The molecule has 31 heavy (non-hydrogen) atoms. The third-order valence-corrected chi connectivity index (χ3v) is 5.77. The molecule has 0 aliphatic carbocycles. The van der Waals surface area contributed by atoms with Crippen LogP contribution in [0.3, 0.4) is 0 Å². The molecule has 168 valence electrons. The van der Waals surface area contributed by atoms with Gasteiger partial charge in [-0.15, -0.1) is 0 Å². The van der Waals surface area contributed by atoms with Crippen LogP contribution in [0.15, 0.2) is 53.1 Å². The van der Waals surface area contributed by atoms with Crippen molar-refractivity contribution < 1.29 is 18.7 Å². The number of amides is 2. The summed E-state index contributed by atoms with van der Waals surface area (Å²) in [5, 5.41) is 0. The van der Waals surface area contributed by atoms with E-state index in [-0.39, 0.29) is 30.4 Å². The zero-order valence-corrected chi connectivity index (χ0v) is 18.7. The first-order valence-corrected chi connectivity index (χ1v) is 11.4. The minimum atomic E-state index is -0.239. The molecule has 1 aliphatic rings. The maximum atomic E-state index is 13.4. The Morgan fingerprint density at radius 1 is 1.10 bits per heavy atom. The number of ether oxygens (including phenoxy) is 1. The fourth-order valence-electron chi connectivity index (χ4n) is 4.14.